The van der Waals surface area contributed by atoms with Crippen LogP contribution >= 0.6 is 0 Å². The number of carbonyl (C=O) groups excluding carboxylic acids is 2. The number of fused-ring (bicyclic) bond motifs is 1. The van der Waals surface area contributed by atoms with E-state index in [1.54, 1.807) is 54.3 Å². The Hall–Kier alpha value is -5.22. The van der Waals surface area contributed by atoms with Crippen molar-refractivity contribution in [1.82, 2.24) is 18.9 Å². The maximum atomic E-state index is 14.3. The molecule has 1 aromatic heterocycles. The Morgan fingerprint density at radius 1 is 0.980 bits per heavy atom. The largest absolute Gasteiger partial charge is 0.497 e. The van der Waals surface area contributed by atoms with Crippen LogP contribution in [0.5, 0.6) is 11.5 Å². The third-order valence-electron chi connectivity index (χ3n) is 9.32. The van der Waals surface area contributed by atoms with Gasteiger partial charge in [-0.05, 0) is 61.9 Å². The van der Waals surface area contributed by atoms with E-state index in [1.807, 2.05) is 5.01 Å². The van der Waals surface area contributed by atoms with Gasteiger partial charge in [0.25, 0.3) is 5.56 Å². The lowest BCUT2D eigenvalue weighted by Gasteiger charge is -2.39. The summed E-state index contributed by atoms with van der Waals surface area (Å²) in [5.41, 5.74) is 0.793. The van der Waals surface area contributed by atoms with E-state index in [9.17, 15) is 27.2 Å². The highest BCUT2D eigenvalue weighted by atomic mass is 32.2. The molecule has 2 aliphatic rings. The number of aromatic nitrogens is 2. The number of benzene rings is 3. The number of urea groups is 1. The molecule has 6 rings (SSSR count). The van der Waals surface area contributed by atoms with E-state index in [-0.39, 0.29) is 36.9 Å². The highest BCUT2D eigenvalue weighted by Gasteiger charge is 2.37. The lowest BCUT2D eigenvalue weighted by Crippen LogP contribution is -2.57. The Morgan fingerprint density at radius 2 is 1.69 bits per heavy atom. The van der Waals surface area contributed by atoms with E-state index >= 15 is 0 Å². The maximum absolute atomic E-state index is 14.3. The molecule has 16 heteroatoms. The zero-order valence-corrected chi connectivity index (χ0v) is 29.6. The third-order valence-corrected chi connectivity index (χ3v) is 10.6. The molecule has 0 bridgehead atoms. The van der Waals surface area contributed by atoms with Crippen LogP contribution in [0, 0.1) is 11.7 Å². The first-order valence-electron chi connectivity index (χ1n) is 16.5. The summed E-state index contributed by atoms with van der Waals surface area (Å²) in [5, 5.41) is 5.02. The molecule has 270 valence electrons. The van der Waals surface area contributed by atoms with E-state index in [1.165, 1.54) is 52.4 Å². The van der Waals surface area contributed by atoms with Gasteiger partial charge < -0.3 is 24.7 Å². The number of sulfonamides is 1. The molecule has 2 aliphatic heterocycles. The van der Waals surface area contributed by atoms with Crippen LogP contribution in [-0.2, 0) is 14.8 Å². The fourth-order valence-electron chi connectivity index (χ4n) is 6.60. The number of methoxy groups -OCH3 is 2. The Labute approximate surface area is 295 Å². The Bertz CT molecular complexity index is 2100. The topological polar surface area (TPSA) is 147 Å². The van der Waals surface area contributed by atoms with E-state index in [0.29, 0.717) is 59.8 Å². The number of rotatable bonds is 9. The Balaban J connectivity index is 1.37. The van der Waals surface area contributed by atoms with Crippen molar-refractivity contribution in [3.05, 3.63) is 88.7 Å². The molecule has 3 aromatic carbocycles. The van der Waals surface area contributed by atoms with E-state index < -0.39 is 33.8 Å². The number of para-hydroxylation sites is 1. The normalized spacial score (nSPS) is 17.3. The zero-order valence-electron chi connectivity index (χ0n) is 28.8. The number of anilines is 2. The molecule has 14 nitrogen and oxygen atoms in total. The summed E-state index contributed by atoms with van der Waals surface area (Å²) in [6.07, 6.45) is 1.59. The fourth-order valence-corrected chi connectivity index (χ4v) is 7.49. The van der Waals surface area contributed by atoms with Crippen LogP contribution in [0.1, 0.15) is 25.2 Å². The van der Waals surface area contributed by atoms with Gasteiger partial charge in [-0.15, -0.1) is 0 Å². The lowest BCUT2D eigenvalue weighted by atomic mass is 10.1. The summed E-state index contributed by atoms with van der Waals surface area (Å²) in [5.74, 6) is 0.0641. The highest BCUT2D eigenvalue weighted by molar-refractivity contribution is 7.88. The van der Waals surface area contributed by atoms with E-state index in [4.69, 9.17) is 14.5 Å². The van der Waals surface area contributed by atoms with Gasteiger partial charge in [0, 0.05) is 37.9 Å². The Kier molecular flexibility index (Phi) is 10.2. The average Bonchev–Trinajstić information content (AvgIpc) is 3.64. The van der Waals surface area contributed by atoms with Gasteiger partial charge in [0.2, 0.25) is 15.9 Å². The van der Waals surface area contributed by atoms with Crippen molar-refractivity contribution >= 4 is 44.2 Å². The third kappa shape index (κ3) is 7.32. The zero-order chi connectivity index (χ0) is 36.4. The molecule has 4 aromatic rings. The second-order valence-corrected chi connectivity index (χ2v) is 14.5. The molecule has 2 unspecified atom stereocenters. The van der Waals surface area contributed by atoms with Gasteiger partial charge in [-0.25, -0.2) is 31.6 Å². The number of hydrogen-bond acceptors (Lipinski definition) is 9. The number of nitrogens with zero attached hydrogens (tertiary/aromatic N) is 6. The Morgan fingerprint density at radius 3 is 2.33 bits per heavy atom. The SMILES string of the molecule is COc1ccc(N(C(=O)Nc2ccc(F)cc2)C(C)c2nc3ccccc3c(=O)n2N2CCN(C(=O)C3CCN(S(C)(=O)=O)C3)CC2)c(OC)c1. The van der Waals surface area contributed by atoms with Gasteiger partial charge in [0.15, 0.2) is 5.82 Å². The van der Waals surface area contributed by atoms with Gasteiger partial charge in [-0.1, -0.05) is 12.1 Å². The first kappa shape index (κ1) is 35.6. The minimum absolute atomic E-state index is 0.117. The number of piperazine rings is 1. The van der Waals surface area contributed by atoms with Gasteiger partial charge in [0.1, 0.15) is 17.3 Å². The van der Waals surface area contributed by atoms with Crippen molar-refractivity contribution in [3.63, 3.8) is 0 Å². The number of nitrogens with one attached hydrogen (secondary N) is 1. The summed E-state index contributed by atoms with van der Waals surface area (Å²) >= 11 is 0. The molecule has 1 N–H and O–H groups in total. The van der Waals surface area contributed by atoms with Crippen LogP contribution in [0.2, 0.25) is 0 Å². The molecule has 0 saturated carbocycles. The lowest BCUT2D eigenvalue weighted by molar-refractivity contribution is -0.135. The number of carbonyl (C=O) groups is 2. The second-order valence-electron chi connectivity index (χ2n) is 12.5. The van der Waals surface area contributed by atoms with Crippen LogP contribution in [0.3, 0.4) is 0 Å². The molecule has 0 aliphatic carbocycles. The molecular formula is C35H40FN7O7S. The van der Waals surface area contributed by atoms with Crippen molar-refractivity contribution in [2.45, 2.75) is 19.4 Å². The molecule has 2 saturated heterocycles. The van der Waals surface area contributed by atoms with Crippen LogP contribution in [0.4, 0.5) is 20.6 Å². The molecule has 51 heavy (non-hydrogen) atoms. The van der Waals surface area contributed by atoms with Crippen molar-refractivity contribution in [2.24, 2.45) is 5.92 Å². The van der Waals surface area contributed by atoms with Crippen molar-refractivity contribution in [1.29, 1.82) is 0 Å². The molecule has 0 radical (unpaired) electrons. The molecule has 3 heterocycles. The van der Waals surface area contributed by atoms with E-state index in [2.05, 4.69) is 5.32 Å². The van der Waals surface area contributed by atoms with Gasteiger partial charge in [-0.3, -0.25) is 14.5 Å². The summed E-state index contributed by atoms with van der Waals surface area (Å²) < 4.78 is 51.7. The first-order valence-corrected chi connectivity index (χ1v) is 18.3. The number of halogens is 1. The standard InChI is InChI=1S/C35H40FN7O7S/c1-23(42(30-14-13-27(49-2)21-31(30)50-3)35(46)37-26-11-9-25(36)10-12-26)32-38-29-8-6-5-7-28(29)34(45)43(32)40-19-17-39(18-20-40)33(44)24-15-16-41(22-24)51(4,47)48/h5-14,21,23-24H,15-20,22H2,1-4H3,(H,37,46). The summed E-state index contributed by atoms with van der Waals surface area (Å²) in [6.45, 7) is 3.35. The van der Waals surface area contributed by atoms with Crippen molar-refractivity contribution < 1.29 is 31.9 Å². The van der Waals surface area contributed by atoms with E-state index in [0.717, 1.165) is 6.26 Å². The van der Waals surface area contributed by atoms with Gasteiger partial charge >= 0.3 is 6.03 Å². The smallest absolute Gasteiger partial charge is 0.327 e. The first-order chi connectivity index (χ1) is 24.4. The minimum atomic E-state index is -3.39. The van der Waals surface area contributed by atoms with Crippen LogP contribution in [0.25, 0.3) is 10.9 Å². The minimum Gasteiger partial charge on any atom is -0.497 e. The average molecular weight is 722 g/mol. The quantitative estimate of drug-likeness (QED) is 0.275. The summed E-state index contributed by atoms with van der Waals surface area (Å²) in [6, 6.07) is 15.8. The molecular weight excluding hydrogens is 681 g/mol. The predicted octanol–water partition coefficient (Wildman–Crippen LogP) is 3.41. The van der Waals surface area contributed by atoms with Crippen LogP contribution in [-0.4, -0.2) is 99.0 Å². The molecule has 2 atom stereocenters. The number of ether oxygens (including phenoxy) is 2. The predicted molar refractivity (Wildman–Crippen MR) is 191 cm³/mol. The summed E-state index contributed by atoms with van der Waals surface area (Å²) in [4.78, 5) is 50.0. The van der Waals surface area contributed by atoms with Crippen LogP contribution in [0.15, 0.2) is 71.5 Å². The second kappa shape index (κ2) is 14.6. The highest BCUT2D eigenvalue weighted by Crippen LogP contribution is 2.37. The number of hydrogen-bond donors (Lipinski definition) is 1. The fraction of sp³-hybridized carbons (Fsp3) is 0.371. The molecule has 2 fully saturated rings. The summed E-state index contributed by atoms with van der Waals surface area (Å²) in [7, 11) is -0.414. The van der Waals surface area contributed by atoms with Crippen molar-refractivity contribution in [3.8, 4) is 11.5 Å². The van der Waals surface area contributed by atoms with Crippen LogP contribution < -0.4 is 30.3 Å². The molecule has 3 amide bonds. The van der Waals surface area contributed by atoms with Gasteiger partial charge in [0.05, 0.1) is 62.1 Å². The monoisotopic (exact) mass is 721 g/mol. The number of amides is 3. The maximum Gasteiger partial charge on any atom is 0.327 e. The van der Waals surface area contributed by atoms with Crippen molar-refractivity contribution in [2.75, 3.05) is 75.0 Å². The van der Waals surface area contributed by atoms with Gasteiger partial charge in [-0.2, -0.15) is 0 Å². The molecule has 0 spiro atoms.